The third kappa shape index (κ3) is 4.40. The smallest absolute Gasteiger partial charge is 0.307 e. The lowest BCUT2D eigenvalue weighted by atomic mass is 10.1. The van der Waals surface area contributed by atoms with E-state index in [9.17, 15) is 14.4 Å². The van der Waals surface area contributed by atoms with Crippen LogP contribution < -0.4 is 0 Å². The van der Waals surface area contributed by atoms with Crippen LogP contribution in [0.4, 0.5) is 0 Å². The molecule has 0 bridgehead atoms. The Morgan fingerprint density at radius 2 is 1.95 bits per heavy atom. The maximum absolute atomic E-state index is 12.1. The van der Waals surface area contributed by atoms with Crippen LogP contribution in [-0.2, 0) is 19.9 Å². The van der Waals surface area contributed by atoms with Gasteiger partial charge < -0.3 is 9.64 Å². The number of nitrogens with zero attached hydrogens (tertiary/aromatic N) is 3. The number of rotatable bonds is 5. The Hall–Kier alpha value is -2.18. The molecule has 0 saturated heterocycles. The third-order valence-electron chi connectivity index (χ3n) is 2.95. The summed E-state index contributed by atoms with van der Waals surface area (Å²) in [5, 5.41) is 4.09. The molecule has 1 heterocycles. The fourth-order valence-corrected chi connectivity index (χ4v) is 1.57. The highest BCUT2D eigenvalue weighted by atomic mass is 16.5. The summed E-state index contributed by atoms with van der Waals surface area (Å²) in [4.78, 5) is 36.3. The lowest BCUT2D eigenvalue weighted by Gasteiger charge is -2.18. The van der Waals surface area contributed by atoms with E-state index in [1.165, 1.54) is 25.3 Å². The Balaban J connectivity index is 2.72. The predicted octanol–water partition coefficient (Wildman–Crippen LogP) is 0.842. The molecular formula is C14H21N3O4. The van der Waals surface area contributed by atoms with Crippen molar-refractivity contribution < 1.29 is 19.1 Å². The number of carbonyl (C=O) groups is 3. The van der Waals surface area contributed by atoms with Crippen LogP contribution in [-0.4, -0.2) is 53.0 Å². The van der Waals surface area contributed by atoms with Crippen molar-refractivity contribution in [1.82, 2.24) is 14.7 Å². The van der Waals surface area contributed by atoms with Crippen LogP contribution in [0.15, 0.2) is 12.4 Å². The predicted molar refractivity (Wildman–Crippen MR) is 75.8 cm³/mol. The second-order valence-corrected chi connectivity index (χ2v) is 5.73. The van der Waals surface area contributed by atoms with E-state index >= 15 is 0 Å². The Bertz CT molecular complexity index is 543. The van der Waals surface area contributed by atoms with E-state index in [1.807, 2.05) is 20.8 Å². The SMILES string of the molecule is COC(=O)CCN(C)C(=O)C(=O)c1cnn(C(C)(C)C)c1. The highest BCUT2D eigenvalue weighted by Crippen LogP contribution is 2.13. The van der Waals surface area contributed by atoms with Crippen molar-refractivity contribution in [2.75, 3.05) is 20.7 Å². The van der Waals surface area contributed by atoms with Gasteiger partial charge in [0, 0.05) is 19.8 Å². The number of ketones is 1. The molecule has 7 nitrogen and oxygen atoms in total. The zero-order valence-corrected chi connectivity index (χ0v) is 13.0. The summed E-state index contributed by atoms with van der Waals surface area (Å²) in [5.74, 6) is -1.74. The van der Waals surface area contributed by atoms with E-state index in [1.54, 1.807) is 10.9 Å². The van der Waals surface area contributed by atoms with Gasteiger partial charge in [0.25, 0.3) is 11.7 Å². The first kappa shape index (κ1) is 16.9. The van der Waals surface area contributed by atoms with Crippen molar-refractivity contribution in [3.63, 3.8) is 0 Å². The molecule has 0 aliphatic heterocycles. The molecule has 1 rings (SSSR count). The molecule has 0 N–H and O–H groups in total. The van der Waals surface area contributed by atoms with Crippen LogP contribution in [0, 0.1) is 0 Å². The van der Waals surface area contributed by atoms with Crippen molar-refractivity contribution in [3.05, 3.63) is 18.0 Å². The largest absolute Gasteiger partial charge is 0.469 e. The van der Waals surface area contributed by atoms with E-state index in [2.05, 4.69) is 9.84 Å². The standard InChI is InChI=1S/C14H21N3O4/c1-14(2,3)17-9-10(8-15-17)12(19)13(20)16(4)7-6-11(18)21-5/h8-9H,6-7H2,1-5H3. The number of hydrogen-bond donors (Lipinski definition) is 0. The van der Waals surface area contributed by atoms with Gasteiger partial charge in [0.1, 0.15) is 0 Å². The molecule has 0 aromatic carbocycles. The second kappa shape index (κ2) is 6.51. The molecule has 0 atom stereocenters. The first-order chi connectivity index (χ1) is 9.66. The van der Waals surface area contributed by atoms with Gasteiger partial charge in [-0.15, -0.1) is 0 Å². The van der Waals surface area contributed by atoms with E-state index < -0.39 is 17.7 Å². The molecule has 0 unspecified atom stereocenters. The highest BCUT2D eigenvalue weighted by Gasteiger charge is 2.24. The summed E-state index contributed by atoms with van der Waals surface area (Å²) in [6.07, 6.45) is 2.97. The number of amides is 1. The molecule has 0 radical (unpaired) electrons. The first-order valence-electron chi connectivity index (χ1n) is 6.58. The summed E-state index contributed by atoms with van der Waals surface area (Å²) in [7, 11) is 2.74. The Morgan fingerprint density at radius 3 is 2.43 bits per heavy atom. The van der Waals surface area contributed by atoms with E-state index in [0.29, 0.717) is 0 Å². The molecule has 1 amide bonds. The van der Waals surface area contributed by atoms with Gasteiger partial charge in [-0.1, -0.05) is 0 Å². The molecule has 0 aliphatic rings. The van der Waals surface area contributed by atoms with Crippen LogP contribution in [0.25, 0.3) is 0 Å². The maximum Gasteiger partial charge on any atom is 0.307 e. The first-order valence-corrected chi connectivity index (χ1v) is 6.58. The summed E-state index contributed by atoms with van der Waals surface area (Å²) < 4.78 is 6.12. The molecule has 21 heavy (non-hydrogen) atoms. The fourth-order valence-electron chi connectivity index (χ4n) is 1.57. The van der Waals surface area contributed by atoms with E-state index in [4.69, 9.17) is 0 Å². The third-order valence-corrected chi connectivity index (χ3v) is 2.95. The van der Waals surface area contributed by atoms with Gasteiger partial charge in [0.2, 0.25) is 0 Å². The number of methoxy groups -OCH3 is 1. The maximum atomic E-state index is 12.1. The zero-order chi connectivity index (χ0) is 16.2. The van der Waals surface area contributed by atoms with Gasteiger partial charge >= 0.3 is 5.97 Å². The van der Waals surface area contributed by atoms with Crippen LogP contribution in [0.1, 0.15) is 37.6 Å². The Kier molecular flexibility index (Phi) is 5.23. The quantitative estimate of drug-likeness (QED) is 0.457. The molecular weight excluding hydrogens is 274 g/mol. The topological polar surface area (TPSA) is 81.5 Å². The number of aromatic nitrogens is 2. The molecule has 116 valence electrons. The molecule has 0 fully saturated rings. The van der Waals surface area contributed by atoms with Gasteiger partial charge in [-0.25, -0.2) is 0 Å². The molecule has 0 saturated carbocycles. The monoisotopic (exact) mass is 295 g/mol. The number of ether oxygens (including phenoxy) is 1. The van der Waals surface area contributed by atoms with Gasteiger partial charge in [-0.2, -0.15) is 5.10 Å². The van der Waals surface area contributed by atoms with Gasteiger partial charge in [0.15, 0.2) is 0 Å². The Labute approximate surface area is 123 Å². The lowest BCUT2D eigenvalue weighted by molar-refractivity contribution is -0.141. The minimum absolute atomic E-state index is 0.0489. The van der Waals surface area contributed by atoms with Gasteiger partial charge in [-0.05, 0) is 20.8 Å². The van der Waals surface area contributed by atoms with Crippen molar-refractivity contribution >= 4 is 17.7 Å². The lowest BCUT2D eigenvalue weighted by Crippen LogP contribution is -2.35. The van der Waals surface area contributed by atoms with Crippen LogP contribution in [0.3, 0.4) is 0 Å². The Morgan fingerprint density at radius 1 is 1.33 bits per heavy atom. The average molecular weight is 295 g/mol. The number of likely N-dealkylation sites (N-methyl/N-ethyl adjacent to an activating group) is 1. The number of Topliss-reactive ketones (excluding diaryl/α,β-unsaturated/α-hetero) is 1. The number of esters is 1. The van der Waals surface area contributed by atoms with Crippen molar-refractivity contribution in [3.8, 4) is 0 Å². The number of carbonyl (C=O) groups excluding carboxylic acids is 3. The van der Waals surface area contributed by atoms with Crippen molar-refractivity contribution in [2.45, 2.75) is 32.7 Å². The van der Waals surface area contributed by atoms with E-state index in [-0.39, 0.29) is 24.1 Å². The summed E-state index contributed by atoms with van der Waals surface area (Å²) in [6, 6.07) is 0. The van der Waals surface area contributed by atoms with Crippen molar-refractivity contribution in [1.29, 1.82) is 0 Å². The highest BCUT2D eigenvalue weighted by molar-refractivity contribution is 6.42. The number of hydrogen-bond acceptors (Lipinski definition) is 5. The van der Waals surface area contributed by atoms with E-state index in [0.717, 1.165) is 0 Å². The minimum Gasteiger partial charge on any atom is -0.469 e. The van der Waals surface area contributed by atoms with Crippen LogP contribution >= 0.6 is 0 Å². The average Bonchev–Trinajstić information content (AvgIpc) is 2.92. The molecule has 1 aromatic heterocycles. The summed E-state index contributed by atoms with van der Waals surface area (Å²) in [5.41, 5.74) is -0.0295. The minimum atomic E-state index is -0.674. The van der Waals surface area contributed by atoms with Crippen molar-refractivity contribution in [2.24, 2.45) is 0 Å². The van der Waals surface area contributed by atoms with Crippen LogP contribution in [0.2, 0.25) is 0 Å². The van der Waals surface area contributed by atoms with Crippen LogP contribution in [0.5, 0.6) is 0 Å². The fraction of sp³-hybridized carbons (Fsp3) is 0.571. The second-order valence-electron chi connectivity index (χ2n) is 5.73. The summed E-state index contributed by atoms with van der Waals surface area (Å²) >= 11 is 0. The molecule has 1 aromatic rings. The summed E-state index contributed by atoms with van der Waals surface area (Å²) in [6.45, 7) is 5.96. The van der Waals surface area contributed by atoms with Gasteiger partial charge in [0.05, 0.1) is 30.8 Å². The molecule has 7 heteroatoms. The molecule has 0 spiro atoms. The normalized spacial score (nSPS) is 11.1. The van der Waals surface area contributed by atoms with Gasteiger partial charge in [-0.3, -0.25) is 19.1 Å². The molecule has 0 aliphatic carbocycles. The zero-order valence-electron chi connectivity index (χ0n) is 13.0.